The summed E-state index contributed by atoms with van der Waals surface area (Å²) in [4.78, 5) is 83.5. The quantitative estimate of drug-likeness (QED) is 0.0576. The Bertz CT molecular complexity index is 7950. The van der Waals surface area contributed by atoms with Crippen LogP contribution in [0.25, 0.3) is 122 Å². The second kappa shape index (κ2) is 44.1. The molecule has 0 N–H and O–H groups in total. The van der Waals surface area contributed by atoms with Crippen molar-refractivity contribution >= 4 is 106 Å². The number of aliphatic imine (C=N–C) groups is 1. The SMILES string of the molecule is C1=C(c2ccccc2)N=C(CCc2cnc3ccccc3n2)C1.Cn1c(CCc2cnc3ccccc3n2)nc2ccccc21.Cn1cc(-c2ccccc2)nc1CCc1cnc2ccccc2n1.Cn1cc(-c2ccccc2)nc1CCc1cnc2ccccc2n1.Cn1cc(-c2ccsc2)nc1CCc1cnc2ccccc2n1.Cn1cc(C2=CC=CC2)nc1CCc1cnc2ccccc2n1. The molecular formula is C115H103N23S. The van der Waals surface area contributed by atoms with Crippen LogP contribution in [0.1, 0.15) is 93.8 Å². The summed E-state index contributed by atoms with van der Waals surface area (Å²) in [7, 11) is 10.3. The average Bonchev–Trinajstić information content (AvgIpc) is 1.63. The molecule has 1 aliphatic carbocycles. The van der Waals surface area contributed by atoms with Gasteiger partial charge < -0.3 is 22.8 Å². The van der Waals surface area contributed by atoms with Crippen LogP contribution in [-0.4, -0.2) is 113 Å². The molecule has 22 aromatic rings. The van der Waals surface area contributed by atoms with Gasteiger partial charge in [-0.1, -0.05) is 200 Å². The molecule has 684 valence electrons. The van der Waals surface area contributed by atoms with E-state index < -0.39 is 0 Å². The maximum Gasteiger partial charge on any atom is 0.109 e. The second-order valence-corrected chi connectivity index (χ2v) is 35.0. The van der Waals surface area contributed by atoms with Crippen LogP contribution in [0.5, 0.6) is 0 Å². The molecule has 0 amide bonds. The predicted molar refractivity (Wildman–Crippen MR) is 559 cm³/mol. The van der Waals surface area contributed by atoms with E-state index in [1.807, 2.05) is 271 Å². The number of imidazole rings is 5. The first-order valence-corrected chi connectivity index (χ1v) is 47.9. The van der Waals surface area contributed by atoms with Crippen molar-refractivity contribution in [3.63, 3.8) is 0 Å². The Labute approximate surface area is 810 Å². The van der Waals surface area contributed by atoms with Crippen molar-refractivity contribution in [1.29, 1.82) is 0 Å². The number of hydrogen-bond acceptors (Lipinski definition) is 19. The Morgan fingerprint density at radius 1 is 0.259 bits per heavy atom. The van der Waals surface area contributed by atoms with Crippen LogP contribution in [0.4, 0.5) is 0 Å². The Morgan fingerprint density at radius 3 is 0.899 bits per heavy atom. The highest BCUT2D eigenvalue weighted by molar-refractivity contribution is 7.08. The molecule has 0 saturated heterocycles. The molecule has 10 aromatic carbocycles. The smallest absolute Gasteiger partial charge is 0.109 e. The first-order valence-electron chi connectivity index (χ1n) is 46.9. The number of rotatable bonds is 23. The number of aromatic nitrogens is 22. The standard InChI is InChI=1S/2C20H18N4.C20H17N3.C19H18N4.C18H16N4S.C18H16N4/c2*1-24-14-19(15-7-3-2-4-8-15)23-20(24)12-11-16-13-21-17-9-5-6-10-18(17)22-16;1-2-6-15(7-3-1)18-13-12-16(22-18)10-11-17-14-21-19-8-4-5-9-20(19)23-17;1-23-13-18(14-6-2-3-7-14)22-19(23)11-10-15-12-20-16-8-4-5-9-17(16)21-15;1-22-11-17(13-8-9-23-12-13)21-18(22)7-6-14-10-19-15-4-2-3-5-16(15)20-14;1-22-17-9-5-4-8-16(17)21-18(22)11-10-13-12-19-14-6-2-3-7-15(14)20-13/h2*2-10,13-14H,11-12H2,1H3;1-9,13-14H,10-12H2;2-6,8-9,12-13H,7,10-11H2,1H3;2-5,8-12H,6-7H2,1H3;2-9,12H,10-11H2,1H3. The predicted octanol–water partition coefficient (Wildman–Crippen LogP) is 22.7. The van der Waals surface area contributed by atoms with E-state index in [1.54, 1.807) is 11.3 Å². The summed E-state index contributed by atoms with van der Waals surface area (Å²) in [6, 6.07) is 89.0. The van der Waals surface area contributed by atoms with Gasteiger partial charge in [-0.2, -0.15) is 11.3 Å². The van der Waals surface area contributed by atoms with Gasteiger partial charge in [-0.05, 0) is 159 Å². The van der Waals surface area contributed by atoms with Crippen LogP contribution in [0.2, 0.25) is 0 Å². The lowest BCUT2D eigenvalue weighted by Crippen LogP contribution is -2.02. The summed E-state index contributed by atoms with van der Waals surface area (Å²) in [5.74, 6) is 5.35. The molecule has 0 fully saturated rings. The van der Waals surface area contributed by atoms with E-state index >= 15 is 0 Å². The zero-order valence-electron chi connectivity index (χ0n) is 78.2. The van der Waals surface area contributed by atoms with Crippen LogP contribution in [-0.2, 0) is 106 Å². The van der Waals surface area contributed by atoms with E-state index in [-0.39, 0.29) is 0 Å². The lowest BCUT2D eigenvalue weighted by atomic mass is 10.1. The Hall–Kier alpha value is -16.9. The van der Waals surface area contributed by atoms with Crippen molar-refractivity contribution in [1.82, 2.24) is 108 Å². The number of nitrogens with zero attached hydrogens (tertiary/aromatic N) is 23. The van der Waals surface area contributed by atoms with Crippen LogP contribution in [0.3, 0.4) is 0 Å². The van der Waals surface area contributed by atoms with Gasteiger partial charge >= 0.3 is 0 Å². The van der Waals surface area contributed by atoms with Gasteiger partial charge in [0.15, 0.2) is 0 Å². The van der Waals surface area contributed by atoms with Gasteiger partial charge in [0.1, 0.15) is 29.1 Å². The summed E-state index contributed by atoms with van der Waals surface area (Å²) in [6.45, 7) is 0. The highest BCUT2D eigenvalue weighted by Crippen LogP contribution is 2.29. The third-order valence-corrected chi connectivity index (χ3v) is 25.1. The number of aryl methyl sites for hydroxylation is 16. The summed E-state index contributed by atoms with van der Waals surface area (Å²) < 4.78 is 10.6. The number of hydrogen-bond donors (Lipinski definition) is 0. The van der Waals surface area contributed by atoms with Gasteiger partial charge in [-0.25, -0.2) is 54.8 Å². The van der Waals surface area contributed by atoms with E-state index in [0.717, 1.165) is 264 Å². The van der Waals surface area contributed by atoms with Crippen LogP contribution < -0.4 is 0 Å². The monoisotopic (exact) mass is 1840 g/mol. The summed E-state index contributed by atoms with van der Waals surface area (Å²) >= 11 is 1.69. The van der Waals surface area contributed by atoms with Gasteiger partial charge in [0.25, 0.3) is 0 Å². The molecule has 0 unspecified atom stereocenters. The molecule has 24 heteroatoms. The zero-order valence-corrected chi connectivity index (χ0v) is 79.1. The topological polar surface area (TPSA) is 256 Å². The first kappa shape index (κ1) is 91.3. The van der Waals surface area contributed by atoms with Gasteiger partial charge in [0, 0.05) is 164 Å². The maximum absolute atomic E-state index is 4.78. The van der Waals surface area contributed by atoms with Crippen molar-refractivity contribution in [3.05, 3.63) is 438 Å². The van der Waals surface area contributed by atoms with E-state index in [9.17, 15) is 0 Å². The Kier molecular flexibility index (Phi) is 28.9. The highest BCUT2D eigenvalue weighted by atomic mass is 32.1. The largest absolute Gasteiger partial charge is 0.337 e. The molecule has 23 nitrogen and oxygen atoms in total. The first-order chi connectivity index (χ1) is 68.4. The fourth-order valence-corrected chi connectivity index (χ4v) is 17.4. The fraction of sp³-hybridized carbons (Fsp3) is 0.165. The fourth-order valence-electron chi connectivity index (χ4n) is 16.8. The second-order valence-electron chi connectivity index (χ2n) is 34.2. The van der Waals surface area contributed by atoms with Gasteiger partial charge in [-0.15, -0.1) is 0 Å². The van der Waals surface area contributed by atoms with Crippen molar-refractivity contribution < 1.29 is 0 Å². The lowest BCUT2D eigenvalue weighted by molar-refractivity contribution is 0.761. The van der Waals surface area contributed by atoms with Crippen LogP contribution in [0, 0.1) is 0 Å². The molecule has 24 rings (SSSR count). The molecule has 0 atom stereocenters. The Morgan fingerprint density at radius 2 is 0.561 bits per heavy atom. The van der Waals surface area contributed by atoms with Crippen molar-refractivity contribution in [2.45, 2.75) is 89.9 Å². The molecule has 0 radical (unpaired) electrons. The number of fused-ring (bicyclic) bond motifs is 7. The summed E-state index contributed by atoms with van der Waals surface area (Å²) in [6.07, 6.45) is 40.3. The third-order valence-electron chi connectivity index (χ3n) is 24.4. The molecule has 12 aromatic heterocycles. The summed E-state index contributed by atoms with van der Waals surface area (Å²) in [5, 5.41) is 4.20. The van der Waals surface area contributed by atoms with Crippen molar-refractivity contribution in [2.24, 2.45) is 40.2 Å². The molecule has 0 spiro atoms. The maximum atomic E-state index is 4.78. The van der Waals surface area contributed by atoms with E-state index in [1.165, 1.54) is 27.9 Å². The molecule has 2 aliphatic rings. The average molecular weight is 1840 g/mol. The van der Waals surface area contributed by atoms with Gasteiger partial charge in [0.2, 0.25) is 0 Å². The van der Waals surface area contributed by atoms with E-state index in [4.69, 9.17) is 29.9 Å². The van der Waals surface area contributed by atoms with Crippen LogP contribution in [0.15, 0.2) is 369 Å². The molecule has 1 aliphatic heterocycles. The Balaban J connectivity index is 0.000000106. The van der Waals surface area contributed by atoms with Crippen molar-refractivity contribution in [3.8, 4) is 33.8 Å². The summed E-state index contributed by atoms with van der Waals surface area (Å²) in [5.41, 5.74) is 32.0. The van der Waals surface area contributed by atoms with Gasteiger partial charge in [0.05, 0.1) is 140 Å². The number of allylic oxidation sites excluding steroid dienone is 5. The van der Waals surface area contributed by atoms with Crippen LogP contribution >= 0.6 is 11.3 Å². The minimum absolute atomic E-state index is 0.830. The van der Waals surface area contributed by atoms with E-state index in [0.29, 0.717) is 0 Å². The minimum atomic E-state index is 0.830. The molecule has 0 saturated carbocycles. The number of benzene rings is 10. The highest BCUT2D eigenvalue weighted by Gasteiger charge is 2.18. The molecule has 0 bridgehead atoms. The molecular weight excluding hydrogens is 1740 g/mol. The van der Waals surface area contributed by atoms with E-state index in [2.05, 4.69) is 211 Å². The lowest BCUT2D eigenvalue weighted by Gasteiger charge is -2.03. The zero-order chi connectivity index (χ0) is 94.4. The number of thiophene rings is 1. The molecule has 139 heavy (non-hydrogen) atoms. The number of para-hydroxylation sites is 14. The van der Waals surface area contributed by atoms with Crippen molar-refractivity contribution in [2.75, 3.05) is 0 Å². The normalized spacial score (nSPS) is 12.0. The van der Waals surface area contributed by atoms with Gasteiger partial charge in [-0.3, -0.25) is 34.9 Å². The molecule has 13 heterocycles. The minimum Gasteiger partial charge on any atom is -0.337 e. The third kappa shape index (κ3) is 23.4.